The van der Waals surface area contributed by atoms with E-state index >= 15 is 0 Å². The van der Waals surface area contributed by atoms with Gasteiger partial charge >= 0.3 is 11.9 Å². The molecule has 0 N–H and O–H groups in total. The molecule has 0 radical (unpaired) electrons. The number of rotatable bonds is 5. The van der Waals surface area contributed by atoms with Gasteiger partial charge in [0.25, 0.3) is 0 Å². The molecule has 21 heavy (non-hydrogen) atoms. The Morgan fingerprint density at radius 3 is 2.00 bits per heavy atom. The molecule has 0 rings (SSSR count). The second-order valence-corrected chi connectivity index (χ2v) is 3.78. The fraction of sp³-hybridized carbons (Fsp3) is 0.294. The van der Waals surface area contributed by atoms with E-state index in [9.17, 15) is 9.59 Å². The summed E-state index contributed by atoms with van der Waals surface area (Å²) < 4.78 is 10.1. The molecule has 0 aliphatic carbocycles. The van der Waals surface area contributed by atoms with E-state index in [4.69, 9.17) is 9.47 Å². The lowest BCUT2D eigenvalue weighted by Crippen LogP contribution is -2.31. The van der Waals surface area contributed by atoms with Gasteiger partial charge in [0.1, 0.15) is 0 Å². The molecule has 0 heterocycles. The lowest BCUT2D eigenvalue weighted by molar-refractivity contribution is -0.158. The van der Waals surface area contributed by atoms with E-state index in [0.717, 1.165) is 0 Å². The van der Waals surface area contributed by atoms with Crippen molar-refractivity contribution in [1.29, 1.82) is 0 Å². The van der Waals surface area contributed by atoms with Gasteiger partial charge in [0.2, 0.25) is 0 Å². The first-order valence-corrected chi connectivity index (χ1v) is 6.27. The molecule has 2 atom stereocenters. The predicted octanol–water partition coefficient (Wildman–Crippen LogP) is 2.17. The summed E-state index contributed by atoms with van der Waals surface area (Å²) in [5.41, 5.74) is 0. The molecule has 0 aromatic carbocycles. The highest BCUT2D eigenvalue weighted by Crippen LogP contribution is 2.08. The highest BCUT2D eigenvalue weighted by molar-refractivity contribution is 5.67. The fourth-order valence-electron chi connectivity index (χ4n) is 1.23. The summed E-state index contributed by atoms with van der Waals surface area (Å²) in [6.07, 6.45) is 6.32. The number of hydrogen-bond acceptors (Lipinski definition) is 4. The van der Waals surface area contributed by atoms with Crippen LogP contribution in [0, 0.1) is 23.7 Å². The molecule has 0 aliphatic rings. The molecule has 0 saturated heterocycles. The monoisotopic (exact) mass is 286 g/mol. The minimum atomic E-state index is -0.776. The zero-order valence-electron chi connectivity index (χ0n) is 12.4. The molecule has 0 saturated carbocycles. The number of hydrogen-bond donors (Lipinski definition) is 0. The zero-order chi connectivity index (χ0) is 16.1. The number of esters is 2. The van der Waals surface area contributed by atoms with Crippen molar-refractivity contribution in [3.63, 3.8) is 0 Å². The van der Waals surface area contributed by atoms with E-state index in [1.54, 1.807) is 12.2 Å². The van der Waals surface area contributed by atoms with Gasteiger partial charge < -0.3 is 9.47 Å². The van der Waals surface area contributed by atoms with Gasteiger partial charge in [-0.2, -0.15) is 0 Å². The van der Waals surface area contributed by atoms with Crippen LogP contribution in [-0.2, 0) is 19.1 Å². The number of allylic oxidation sites excluding steroid dienone is 3. The third kappa shape index (κ3) is 9.81. The Morgan fingerprint density at radius 1 is 1.00 bits per heavy atom. The maximum atomic E-state index is 11.1. The Hall–Kier alpha value is -2.72. The molecule has 0 aromatic rings. The number of carbonyl (C=O) groups excluding carboxylic acids is 2. The van der Waals surface area contributed by atoms with Crippen molar-refractivity contribution in [2.75, 3.05) is 0 Å². The van der Waals surface area contributed by atoms with Crippen LogP contribution >= 0.6 is 0 Å². The summed E-state index contributed by atoms with van der Waals surface area (Å²) in [6.45, 7) is 7.94. The predicted molar refractivity (Wildman–Crippen MR) is 80.8 cm³/mol. The lowest BCUT2D eigenvalue weighted by Gasteiger charge is -2.20. The fourth-order valence-corrected chi connectivity index (χ4v) is 1.23. The second kappa shape index (κ2) is 11.1. The second-order valence-electron chi connectivity index (χ2n) is 3.78. The third-order valence-corrected chi connectivity index (χ3v) is 1.99. The molecular weight excluding hydrogens is 268 g/mol. The average molecular weight is 286 g/mol. The van der Waals surface area contributed by atoms with E-state index < -0.39 is 24.1 Å². The van der Waals surface area contributed by atoms with Crippen LogP contribution in [0.15, 0.2) is 37.0 Å². The first kappa shape index (κ1) is 18.3. The normalized spacial score (nSPS) is 12.5. The van der Waals surface area contributed by atoms with Gasteiger partial charge in [-0.15, -0.1) is 0 Å². The molecular formula is C17H18O4. The van der Waals surface area contributed by atoms with Crippen molar-refractivity contribution >= 4 is 11.9 Å². The maximum absolute atomic E-state index is 11.1. The van der Waals surface area contributed by atoms with Crippen LogP contribution in [0.5, 0.6) is 0 Å². The highest BCUT2D eigenvalue weighted by Gasteiger charge is 2.21. The van der Waals surface area contributed by atoms with Gasteiger partial charge in [0.05, 0.1) is 0 Å². The van der Waals surface area contributed by atoms with E-state index in [-0.39, 0.29) is 0 Å². The van der Waals surface area contributed by atoms with Gasteiger partial charge in [-0.05, 0) is 43.1 Å². The molecule has 4 heteroatoms. The first-order chi connectivity index (χ1) is 10.0. The van der Waals surface area contributed by atoms with E-state index in [0.29, 0.717) is 0 Å². The van der Waals surface area contributed by atoms with Crippen molar-refractivity contribution in [3.8, 4) is 23.7 Å². The topological polar surface area (TPSA) is 52.6 Å². The number of ether oxygens (including phenoxy) is 2. The summed E-state index contributed by atoms with van der Waals surface area (Å²) >= 11 is 0. The van der Waals surface area contributed by atoms with Crippen molar-refractivity contribution in [2.45, 2.75) is 33.0 Å². The Bertz CT molecular complexity index is 547. The summed E-state index contributed by atoms with van der Waals surface area (Å²) in [6, 6.07) is 0. The third-order valence-electron chi connectivity index (χ3n) is 1.99. The van der Waals surface area contributed by atoms with Gasteiger partial charge in [-0.3, -0.25) is 9.59 Å². The summed E-state index contributed by atoms with van der Waals surface area (Å²) in [5.74, 6) is 9.61. The Morgan fingerprint density at radius 2 is 1.52 bits per heavy atom. The van der Waals surface area contributed by atoms with Crippen LogP contribution in [0.2, 0.25) is 0 Å². The Kier molecular flexibility index (Phi) is 9.69. The summed E-state index contributed by atoms with van der Waals surface area (Å²) in [5, 5.41) is 0. The van der Waals surface area contributed by atoms with Crippen LogP contribution in [0.3, 0.4) is 0 Å². The first-order valence-electron chi connectivity index (χ1n) is 6.27. The largest absolute Gasteiger partial charge is 0.454 e. The number of carbonyl (C=O) groups is 2. The Balaban J connectivity index is 4.91. The molecule has 0 amide bonds. The van der Waals surface area contributed by atoms with Crippen molar-refractivity contribution in [2.24, 2.45) is 0 Å². The Labute approximate surface area is 125 Å². The van der Waals surface area contributed by atoms with Gasteiger partial charge in [-0.25, -0.2) is 0 Å². The molecule has 0 aromatic heterocycles. The van der Waals surface area contributed by atoms with Gasteiger partial charge in [0, 0.05) is 13.8 Å². The smallest absolute Gasteiger partial charge is 0.303 e. The quantitative estimate of drug-likeness (QED) is 0.441. The minimum absolute atomic E-state index is 0.492. The van der Waals surface area contributed by atoms with Crippen LogP contribution < -0.4 is 0 Å². The molecule has 0 spiro atoms. The van der Waals surface area contributed by atoms with Crippen molar-refractivity contribution in [3.05, 3.63) is 37.0 Å². The molecule has 0 aliphatic heterocycles. The molecule has 110 valence electrons. The van der Waals surface area contributed by atoms with Gasteiger partial charge in [-0.1, -0.05) is 24.5 Å². The SMILES string of the molecule is C=C[C@@H](OC(C)=O)[C@@H](/C=C/C#CC#C/C=C/C)OC(C)=O. The summed E-state index contributed by atoms with van der Waals surface area (Å²) in [4.78, 5) is 22.1. The van der Waals surface area contributed by atoms with Crippen LogP contribution in [-0.4, -0.2) is 24.1 Å². The lowest BCUT2D eigenvalue weighted by atomic mass is 10.2. The zero-order valence-corrected chi connectivity index (χ0v) is 12.4. The standard InChI is InChI=1S/C17H18O4/c1-5-7-8-9-10-11-12-13-17(21-15(4)19)16(6-2)20-14(3)18/h5-7,12-13,16-17H,2H2,1,3-4H3/b7-5+,13-12+/t16-,17-/m1/s1. The molecule has 0 unspecified atom stereocenters. The van der Waals surface area contributed by atoms with Gasteiger partial charge in [0.15, 0.2) is 12.2 Å². The van der Waals surface area contributed by atoms with Crippen LogP contribution in [0.4, 0.5) is 0 Å². The summed E-state index contributed by atoms with van der Waals surface area (Å²) in [7, 11) is 0. The minimum Gasteiger partial charge on any atom is -0.454 e. The maximum Gasteiger partial charge on any atom is 0.303 e. The van der Waals surface area contributed by atoms with E-state index in [1.165, 1.54) is 32.1 Å². The molecule has 0 fully saturated rings. The van der Waals surface area contributed by atoms with E-state index in [2.05, 4.69) is 30.3 Å². The van der Waals surface area contributed by atoms with Crippen LogP contribution in [0.1, 0.15) is 20.8 Å². The highest BCUT2D eigenvalue weighted by atomic mass is 16.6. The molecule has 4 nitrogen and oxygen atoms in total. The molecule has 0 bridgehead atoms. The van der Waals surface area contributed by atoms with Crippen LogP contribution in [0.25, 0.3) is 0 Å². The van der Waals surface area contributed by atoms with E-state index in [1.807, 2.05) is 6.92 Å². The average Bonchev–Trinajstić information content (AvgIpc) is 2.42. The van der Waals surface area contributed by atoms with Crippen molar-refractivity contribution in [1.82, 2.24) is 0 Å². The van der Waals surface area contributed by atoms with Crippen molar-refractivity contribution < 1.29 is 19.1 Å².